The zero-order chi connectivity index (χ0) is 36.9. The molecule has 3 amide bonds. The van der Waals surface area contributed by atoms with Gasteiger partial charge in [0, 0.05) is 44.0 Å². The van der Waals surface area contributed by atoms with Gasteiger partial charge in [0.15, 0.2) is 0 Å². The summed E-state index contributed by atoms with van der Waals surface area (Å²) in [6.07, 6.45) is 2.30. The number of anilines is 1. The van der Waals surface area contributed by atoms with E-state index >= 15 is 0 Å². The van der Waals surface area contributed by atoms with E-state index in [1.165, 1.54) is 15.5 Å². The van der Waals surface area contributed by atoms with Gasteiger partial charge < -0.3 is 20.7 Å². The minimum atomic E-state index is -3.56. The van der Waals surface area contributed by atoms with E-state index in [0.29, 0.717) is 36.6 Å². The van der Waals surface area contributed by atoms with Crippen molar-refractivity contribution in [1.82, 2.24) is 15.1 Å². The number of amides is 3. The Bertz CT molecular complexity index is 1820. The molecule has 2 heterocycles. The molecule has 2 aliphatic rings. The molecule has 3 aromatic carbocycles. The average Bonchev–Trinajstić information content (AvgIpc) is 3.09. The van der Waals surface area contributed by atoms with Crippen molar-refractivity contribution in [2.45, 2.75) is 76.6 Å². The van der Waals surface area contributed by atoms with Crippen LogP contribution in [-0.2, 0) is 43.7 Å². The van der Waals surface area contributed by atoms with Crippen molar-refractivity contribution in [2.24, 2.45) is 5.73 Å². The van der Waals surface area contributed by atoms with Crippen LogP contribution < -0.4 is 15.4 Å². The summed E-state index contributed by atoms with van der Waals surface area (Å²) >= 11 is 6.15. The lowest BCUT2D eigenvalue weighted by atomic mass is 9.88. The number of ether oxygens (including phenoxy) is 1. The fraction of sp³-hybridized carbons (Fsp3) is 0.447. The van der Waals surface area contributed by atoms with Crippen molar-refractivity contribution in [3.05, 3.63) is 100 Å². The van der Waals surface area contributed by atoms with Crippen molar-refractivity contribution < 1.29 is 27.5 Å². The molecule has 3 N–H and O–H groups in total. The first-order valence-corrected chi connectivity index (χ1v) is 19.5. The number of nitrogens with two attached hydrogens (primary N) is 1. The Balaban J connectivity index is 1.37. The second kappa shape index (κ2) is 16.0. The number of fused-ring (bicyclic) bond motifs is 1. The van der Waals surface area contributed by atoms with Crippen LogP contribution in [0, 0.1) is 0 Å². The lowest BCUT2D eigenvalue weighted by Gasteiger charge is -2.38. The summed E-state index contributed by atoms with van der Waals surface area (Å²) in [4.78, 5) is 45.1. The number of hydrogen-bond donors (Lipinski definition) is 2. The molecule has 0 bridgehead atoms. The predicted octanol–water partition coefficient (Wildman–Crippen LogP) is 4.86. The summed E-state index contributed by atoms with van der Waals surface area (Å²) in [5.41, 5.74) is 9.23. The Morgan fingerprint density at radius 2 is 1.61 bits per heavy atom. The molecule has 0 spiro atoms. The Morgan fingerprint density at radius 1 is 0.980 bits per heavy atom. The minimum absolute atomic E-state index is 0.0151. The van der Waals surface area contributed by atoms with Gasteiger partial charge in [-0.25, -0.2) is 13.2 Å². The van der Waals surface area contributed by atoms with E-state index in [1.807, 2.05) is 54.6 Å². The fourth-order valence-electron chi connectivity index (χ4n) is 6.87. The molecule has 0 aliphatic carbocycles. The maximum Gasteiger partial charge on any atom is 0.411 e. The molecule has 1 saturated heterocycles. The number of para-hydroxylation sites is 1. The van der Waals surface area contributed by atoms with Crippen molar-refractivity contribution in [2.75, 3.05) is 36.7 Å². The molecule has 51 heavy (non-hydrogen) atoms. The maximum absolute atomic E-state index is 14.3. The largest absolute Gasteiger partial charge is 0.444 e. The smallest absolute Gasteiger partial charge is 0.411 e. The monoisotopic (exact) mass is 737 g/mol. The first-order valence-electron chi connectivity index (χ1n) is 17.3. The highest BCUT2D eigenvalue weighted by atomic mass is 35.5. The average molecular weight is 738 g/mol. The Labute approximate surface area is 306 Å². The normalized spacial score (nSPS) is 17.3. The van der Waals surface area contributed by atoms with Crippen LogP contribution in [0.15, 0.2) is 72.8 Å². The standard InChI is InChI=1S/C38H48ClN5O6S/c1-38(2,3)50-37(47)43-25-29-10-6-5-9-28(29)24-34(43)35(45)41-32(23-26-13-15-30(39)16-14-26)36(46)42-20-17-27(18-21-42)31-11-7-8-12-33(31)44(22-19-40)51(4,48)49/h5-16,27,32,34H,17-25,40H2,1-4H3,(H,41,45). The molecule has 0 radical (unpaired) electrons. The van der Waals surface area contributed by atoms with E-state index < -0.39 is 39.7 Å². The van der Waals surface area contributed by atoms with Crippen LogP contribution in [0.3, 0.4) is 0 Å². The van der Waals surface area contributed by atoms with Gasteiger partial charge in [0.25, 0.3) is 0 Å². The number of rotatable bonds is 10. The number of sulfonamides is 1. The second-order valence-electron chi connectivity index (χ2n) is 14.3. The van der Waals surface area contributed by atoms with Gasteiger partial charge in [0.2, 0.25) is 21.8 Å². The summed E-state index contributed by atoms with van der Waals surface area (Å²) in [5, 5.41) is 3.58. The third-order valence-corrected chi connectivity index (χ3v) is 10.8. The third-order valence-electron chi connectivity index (χ3n) is 9.33. The van der Waals surface area contributed by atoms with Gasteiger partial charge in [-0.1, -0.05) is 66.2 Å². The van der Waals surface area contributed by atoms with Gasteiger partial charge in [-0.3, -0.25) is 18.8 Å². The van der Waals surface area contributed by atoms with Crippen molar-refractivity contribution in [1.29, 1.82) is 0 Å². The summed E-state index contributed by atoms with van der Waals surface area (Å²) in [6.45, 7) is 6.72. The summed E-state index contributed by atoms with van der Waals surface area (Å²) in [6, 6.07) is 20.5. The molecule has 13 heteroatoms. The third kappa shape index (κ3) is 9.61. The predicted molar refractivity (Wildman–Crippen MR) is 199 cm³/mol. The number of piperidine rings is 1. The highest BCUT2D eigenvalue weighted by Crippen LogP contribution is 2.36. The molecular weight excluding hydrogens is 690 g/mol. The van der Waals surface area contributed by atoms with Gasteiger partial charge >= 0.3 is 6.09 Å². The maximum atomic E-state index is 14.3. The lowest BCUT2D eigenvalue weighted by molar-refractivity contribution is -0.138. The molecule has 1 fully saturated rings. The fourth-order valence-corrected chi connectivity index (χ4v) is 7.95. The number of halogens is 1. The number of nitrogens with one attached hydrogen (secondary N) is 1. The molecule has 2 unspecified atom stereocenters. The minimum Gasteiger partial charge on any atom is -0.444 e. The Kier molecular flexibility index (Phi) is 12.0. The number of hydrogen-bond acceptors (Lipinski definition) is 7. The van der Waals surface area contributed by atoms with Gasteiger partial charge in [-0.2, -0.15) is 0 Å². The highest BCUT2D eigenvalue weighted by molar-refractivity contribution is 7.92. The van der Waals surface area contributed by atoms with E-state index in [4.69, 9.17) is 22.1 Å². The molecule has 11 nitrogen and oxygen atoms in total. The van der Waals surface area contributed by atoms with Crippen LogP contribution in [0.4, 0.5) is 10.5 Å². The summed E-state index contributed by atoms with van der Waals surface area (Å²) in [5.74, 6) is -0.653. The van der Waals surface area contributed by atoms with Gasteiger partial charge in [0.1, 0.15) is 17.7 Å². The molecule has 274 valence electrons. The van der Waals surface area contributed by atoms with Crippen LogP contribution in [0.5, 0.6) is 0 Å². The number of nitrogens with zero attached hydrogens (tertiary/aromatic N) is 3. The summed E-state index contributed by atoms with van der Waals surface area (Å²) in [7, 11) is -3.56. The number of carbonyl (C=O) groups is 3. The lowest BCUT2D eigenvalue weighted by Crippen LogP contribution is -2.58. The van der Waals surface area contributed by atoms with Crippen molar-refractivity contribution >= 4 is 45.2 Å². The van der Waals surface area contributed by atoms with E-state index in [9.17, 15) is 22.8 Å². The van der Waals surface area contributed by atoms with Crippen LogP contribution in [0.2, 0.25) is 5.02 Å². The highest BCUT2D eigenvalue weighted by Gasteiger charge is 2.39. The number of carbonyl (C=O) groups excluding carboxylic acids is 3. The zero-order valence-corrected chi connectivity index (χ0v) is 31.3. The van der Waals surface area contributed by atoms with Gasteiger partial charge in [-0.15, -0.1) is 0 Å². The van der Waals surface area contributed by atoms with Crippen LogP contribution in [0.1, 0.15) is 61.8 Å². The van der Waals surface area contributed by atoms with E-state index in [-0.39, 0.29) is 44.3 Å². The van der Waals surface area contributed by atoms with Crippen LogP contribution >= 0.6 is 11.6 Å². The Morgan fingerprint density at radius 3 is 2.24 bits per heavy atom. The number of likely N-dealkylation sites (tertiary alicyclic amines) is 1. The topological polar surface area (TPSA) is 142 Å². The molecule has 2 aliphatic heterocycles. The molecule has 3 aromatic rings. The van der Waals surface area contributed by atoms with Crippen LogP contribution in [0.25, 0.3) is 0 Å². The van der Waals surface area contributed by atoms with Gasteiger partial charge in [0.05, 0.1) is 18.5 Å². The van der Waals surface area contributed by atoms with Crippen LogP contribution in [-0.4, -0.2) is 86.2 Å². The summed E-state index contributed by atoms with van der Waals surface area (Å²) < 4.78 is 32.4. The van der Waals surface area contributed by atoms with E-state index in [0.717, 1.165) is 22.3 Å². The molecule has 0 aromatic heterocycles. The first kappa shape index (κ1) is 38.1. The SMILES string of the molecule is CC(C)(C)OC(=O)N1Cc2ccccc2CC1C(=O)NC(Cc1ccc(Cl)cc1)C(=O)N1CCC(c2ccccc2N(CCN)S(C)(=O)=O)CC1. The van der Waals surface area contributed by atoms with Gasteiger partial charge in [-0.05, 0) is 80.0 Å². The molecule has 2 atom stereocenters. The molecule has 5 rings (SSSR count). The van der Waals surface area contributed by atoms with E-state index in [2.05, 4.69) is 5.32 Å². The van der Waals surface area contributed by atoms with Crippen molar-refractivity contribution in [3.63, 3.8) is 0 Å². The first-order chi connectivity index (χ1) is 24.1. The Hall–Kier alpha value is -4.13. The zero-order valence-electron chi connectivity index (χ0n) is 29.7. The number of benzene rings is 3. The quantitative estimate of drug-likeness (QED) is 0.303. The van der Waals surface area contributed by atoms with E-state index in [1.54, 1.807) is 43.9 Å². The molecular formula is C38H48ClN5O6S. The van der Waals surface area contributed by atoms with Crippen molar-refractivity contribution in [3.8, 4) is 0 Å². The second-order valence-corrected chi connectivity index (χ2v) is 16.6. The molecule has 0 saturated carbocycles.